The number of hydrogen-bond acceptors (Lipinski definition) is 7. The van der Waals surface area contributed by atoms with E-state index in [-0.39, 0.29) is 23.2 Å². The van der Waals surface area contributed by atoms with Crippen LogP contribution in [0, 0.1) is 6.92 Å². The van der Waals surface area contributed by atoms with Crippen LogP contribution in [0.2, 0.25) is 0 Å². The Bertz CT molecular complexity index is 937. The van der Waals surface area contributed by atoms with Gasteiger partial charge in [0.05, 0.1) is 5.56 Å². The van der Waals surface area contributed by atoms with E-state index in [1.807, 2.05) is 18.2 Å². The average Bonchev–Trinajstić information content (AvgIpc) is 3.11. The molecule has 0 fully saturated rings. The van der Waals surface area contributed by atoms with Crippen LogP contribution in [0.15, 0.2) is 52.9 Å². The quantitative estimate of drug-likeness (QED) is 0.677. The molecule has 2 aromatic carbocycles. The first-order valence-electron chi connectivity index (χ1n) is 7.68. The fraction of sp³-hybridized carbons (Fsp3) is 0.111. The Labute approximate surface area is 148 Å². The molecule has 1 heterocycles. The van der Waals surface area contributed by atoms with Gasteiger partial charge in [-0.1, -0.05) is 29.4 Å². The Morgan fingerprint density at radius 1 is 1.15 bits per heavy atom. The van der Waals surface area contributed by atoms with Gasteiger partial charge in [0.15, 0.2) is 6.61 Å². The van der Waals surface area contributed by atoms with Crippen LogP contribution in [0.1, 0.15) is 15.9 Å². The lowest BCUT2D eigenvalue weighted by Crippen LogP contribution is -2.21. The molecule has 3 aromatic rings. The number of aromatic hydroxyl groups is 1. The van der Waals surface area contributed by atoms with Crippen LogP contribution in [0.25, 0.3) is 11.5 Å². The number of ether oxygens (including phenoxy) is 1. The van der Waals surface area contributed by atoms with Crippen LogP contribution in [-0.4, -0.2) is 33.8 Å². The highest BCUT2D eigenvalue weighted by Crippen LogP contribution is 2.19. The molecule has 0 saturated heterocycles. The first-order valence-corrected chi connectivity index (χ1v) is 7.68. The zero-order chi connectivity index (χ0) is 18.5. The minimum atomic E-state index is -0.731. The van der Waals surface area contributed by atoms with E-state index in [1.165, 1.54) is 12.1 Å². The third kappa shape index (κ3) is 4.04. The maximum absolute atomic E-state index is 11.9. The van der Waals surface area contributed by atoms with Gasteiger partial charge < -0.3 is 14.3 Å². The lowest BCUT2D eigenvalue weighted by atomic mass is 10.1. The number of amides is 1. The summed E-state index contributed by atoms with van der Waals surface area (Å²) in [5.41, 5.74) is 1.49. The number of phenols is 1. The minimum absolute atomic E-state index is 0.0248. The number of hydrogen-bond donors (Lipinski definition) is 2. The van der Waals surface area contributed by atoms with E-state index < -0.39 is 18.5 Å². The average molecular weight is 353 g/mol. The molecule has 0 atom stereocenters. The molecule has 1 aromatic heterocycles. The smallest absolute Gasteiger partial charge is 0.338 e. The molecule has 0 bridgehead atoms. The summed E-state index contributed by atoms with van der Waals surface area (Å²) in [6.07, 6.45) is 0. The molecular weight excluding hydrogens is 338 g/mol. The largest absolute Gasteiger partial charge is 0.508 e. The fourth-order valence-corrected chi connectivity index (χ4v) is 2.08. The van der Waals surface area contributed by atoms with Crippen molar-refractivity contribution in [2.75, 3.05) is 11.9 Å². The van der Waals surface area contributed by atoms with Crippen molar-refractivity contribution in [1.29, 1.82) is 0 Å². The van der Waals surface area contributed by atoms with Gasteiger partial charge in [-0.15, -0.1) is 5.10 Å². The number of nitrogens with one attached hydrogen (secondary N) is 1. The molecule has 0 saturated carbocycles. The molecule has 2 N–H and O–H groups in total. The van der Waals surface area contributed by atoms with Gasteiger partial charge >= 0.3 is 12.0 Å². The Morgan fingerprint density at radius 3 is 2.65 bits per heavy atom. The highest BCUT2D eigenvalue weighted by atomic mass is 16.5. The van der Waals surface area contributed by atoms with E-state index in [9.17, 15) is 14.7 Å². The van der Waals surface area contributed by atoms with Crippen molar-refractivity contribution in [3.63, 3.8) is 0 Å². The maximum Gasteiger partial charge on any atom is 0.338 e. The van der Waals surface area contributed by atoms with Crippen molar-refractivity contribution in [3.8, 4) is 17.2 Å². The normalized spacial score (nSPS) is 10.3. The van der Waals surface area contributed by atoms with Gasteiger partial charge in [-0.05, 0) is 36.8 Å². The van der Waals surface area contributed by atoms with Gasteiger partial charge in [0.2, 0.25) is 5.89 Å². The number of benzene rings is 2. The standard InChI is InChI=1S/C18H15N3O5/c1-11-7-8-13(9-14(11)22)17(24)25-10-15(23)19-18-21-20-16(26-18)12-5-3-2-4-6-12/h2-9,22H,10H2,1H3,(H,19,21,23). The number of carbonyl (C=O) groups is 2. The van der Waals surface area contributed by atoms with Gasteiger partial charge in [0.25, 0.3) is 5.91 Å². The fourth-order valence-electron chi connectivity index (χ4n) is 2.08. The minimum Gasteiger partial charge on any atom is -0.508 e. The third-order valence-corrected chi connectivity index (χ3v) is 3.47. The van der Waals surface area contributed by atoms with E-state index in [0.717, 1.165) is 0 Å². The molecule has 0 aliphatic carbocycles. The predicted molar refractivity (Wildman–Crippen MR) is 91.5 cm³/mol. The summed E-state index contributed by atoms with van der Waals surface area (Å²) in [6, 6.07) is 13.3. The van der Waals surface area contributed by atoms with Crippen molar-refractivity contribution in [2.24, 2.45) is 0 Å². The molecule has 0 radical (unpaired) electrons. The molecule has 3 rings (SSSR count). The second kappa shape index (κ2) is 7.47. The monoisotopic (exact) mass is 353 g/mol. The van der Waals surface area contributed by atoms with Gasteiger partial charge in [-0.25, -0.2) is 4.79 Å². The molecular formula is C18H15N3O5. The molecule has 1 amide bonds. The highest BCUT2D eigenvalue weighted by molar-refractivity contribution is 5.94. The molecule has 132 valence electrons. The van der Waals surface area contributed by atoms with Gasteiger partial charge in [-0.3, -0.25) is 10.1 Å². The van der Waals surface area contributed by atoms with E-state index in [4.69, 9.17) is 9.15 Å². The van der Waals surface area contributed by atoms with Crippen LogP contribution >= 0.6 is 0 Å². The number of rotatable bonds is 5. The Balaban J connectivity index is 1.55. The van der Waals surface area contributed by atoms with Crippen LogP contribution < -0.4 is 5.32 Å². The number of carbonyl (C=O) groups excluding carboxylic acids is 2. The molecule has 8 nitrogen and oxygen atoms in total. The van der Waals surface area contributed by atoms with E-state index in [0.29, 0.717) is 11.1 Å². The number of phenolic OH excluding ortho intramolecular Hbond substituents is 1. The lowest BCUT2D eigenvalue weighted by molar-refractivity contribution is -0.119. The Hall–Kier alpha value is -3.68. The number of esters is 1. The zero-order valence-corrected chi connectivity index (χ0v) is 13.8. The number of anilines is 1. The summed E-state index contributed by atoms with van der Waals surface area (Å²) in [7, 11) is 0. The zero-order valence-electron chi connectivity index (χ0n) is 13.8. The summed E-state index contributed by atoms with van der Waals surface area (Å²) >= 11 is 0. The van der Waals surface area contributed by atoms with E-state index in [2.05, 4.69) is 15.5 Å². The van der Waals surface area contributed by atoms with Crippen molar-refractivity contribution in [3.05, 3.63) is 59.7 Å². The Kier molecular flexibility index (Phi) is 4.93. The molecule has 26 heavy (non-hydrogen) atoms. The summed E-state index contributed by atoms with van der Waals surface area (Å²) < 4.78 is 10.2. The predicted octanol–water partition coefficient (Wildman–Crippen LogP) is 2.55. The van der Waals surface area contributed by atoms with E-state index >= 15 is 0 Å². The summed E-state index contributed by atoms with van der Waals surface area (Å²) in [6.45, 7) is 1.17. The summed E-state index contributed by atoms with van der Waals surface area (Å²) in [4.78, 5) is 23.7. The van der Waals surface area contributed by atoms with Crippen LogP contribution in [0.4, 0.5) is 6.01 Å². The third-order valence-electron chi connectivity index (χ3n) is 3.47. The maximum atomic E-state index is 11.9. The summed E-state index contributed by atoms with van der Waals surface area (Å²) in [5.74, 6) is -1.12. The van der Waals surface area contributed by atoms with Crippen molar-refractivity contribution in [2.45, 2.75) is 6.92 Å². The molecule has 8 heteroatoms. The first kappa shape index (κ1) is 17.2. The van der Waals surface area contributed by atoms with Crippen molar-refractivity contribution in [1.82, 2.24) is 10.2 Å². The van der Waals surface area contributed by atoms with Crippen LogP contribution in [-0.2, 0) is 9.53 Å². The van der Waals surface area contributed by atoms with Crippen LogP contribution in [0.3, 0.4) is 0 Å². The van der Waals surface area contributed by atoms with E-state index in [1.54, 1.807) is 25.1 Å². The van der Waals surface area contributed by atoms with Gasteiger partial charge in [-0.2, -0.15) is 0 Å². The highest BCUT2D eigenvalue weighted by Gasteiger charge is 2.14. The number of nitrogens with zero attached hydrogens (tertiary/aromatic N) is 2. The molecule has 0 unspecified atom stereocenters. The first-order chi connectivity index (χ1) is 12.5. The van der Waals surface area contributed by atoms with Gasteiger partial charge in [0.1, 0.15) is 5.75 Å². The number of aromatic nitrogens is 2. The van der Waals surface area contributed by atoms with Gasteiger partial charge in [0, 0.05) is 5.56 Å². The molecule has 0 spiro atoms. The molecule has 0 aliphatic heterocycles. The Morgan fingerprint density at radius 2 is 1.92 bits per heavy atom. The van der Waals surface area contributed by atoms with Crippen molar-refractivity contribution >= 4 is 17.9 Å². The number of aryl methyl sites for hydroxylation is 1. The second-order valence-electron chi connectivity index (χ2n) is 5.40. The topological polar surface area (TPSA) is 115 Å². The van der Waals surface area contributed by atoms with Crippen LogP contribution in [0.5, 0.6) is 5.75 Å². The molecule has 0 aliphatic rings. The second-order valence-corrected chi connectivity index (χ2v) is 5.40. The SMILES string of the molecule is Cc1ccc(C(=O)OCC(=O)Nc2nnc(-c3ccccc3)o2)cc1O. The lowest BCUT2D eigenvalue weighted by Gasteiger charge is -2.05. The summed E-state index contributed by atoms with van der Waals surface area (Å²) in [5, 5.41) is 19.5. The van der Waals surface area contributed by atoms with Crippen molar-refractivity contribution < 1.29 is 23.8 Å².